The Hall–Kier alpha value is -0.760. The summed E-state index contributed by atoms with van der Waals surface area (Å²) >= 11 is 2.14. The molecule has 0 heterocycles. The first-order valence-electron chi connectivity index (χ1n) is 12.1. The second-order valence-electron chi connectivity index (χ2n) is 10.6. The van der Waals surface area contributed by atoms with Crippen LogP contribution < -0.4 is 0 Å². The molecule has 0 spiro atoms. The highest BCUT2D eigenvalue weighted by atomic mass is 32.2. The minimum absolute atomic E-state index is 0.332. The Labute approximate surface area is 183 Å². The number of hydrogen-bond donors (Lipinski definition) is 0. The SMILES string of the molecule is CC(C)(C)SCC1CCC(CCc2cccc(CC(=O)C3CCCCC3)c2)CC1. The van der Waals surface area contributed by atoms with Crippen LogP contribution in [0.1, 0.15) is 96.1 Å². The number of ketones is 1. The van der Waals surface area contributed by atoms with E-state index in [1.54, 1.807) is 0 Å². The average molecular weight is 415 g/mol. The summed E-state index contributed by atoms with van der Waals surface area (Å²) in [6, 6.07) is 8.90. The molecule has 0 aromatic heterocycles. The third-order valence-electron chi connectivity index (χ3n) is 6.99. The van der Waals surface area contributed by atoms with Crippen molar-refractivity contribution >= 4 is 17.5 Å². The Kier molecular flexibility index (Phi) is 8.71. The number of benzene rings is 1. The van der Waals surface area contributed by atoms with Crippen LogP contribution in [-0.4, -0.2) is 16.3 Å². The van der Waals surface area contributed by atoms with Crippen LogP contribution in [0.25, 0.3) is 0 Å². The van der Waals surface area contributed by atoms with Gasteiger partial charge < -0.3 is 0 Å². The first-order chi connectivity index (χ1) is 13.9. The highest BCUT2D eigenvalue weighted by Crippen LogP contribution is 2.36. The van der Waals surface area contributed by atoms with Crippen LogP contribution in [0, 0.1) is 17.8 Å². The van der Waals surface area contributed by atoms with E-state index in [4.69, 9.17) is 0 Å². The third-order valence-corrected chi connectivity index (χ3v) is 8.49. The van der Waals surface area contributed by atoms with Crippen LogP contribution in [0.3, 0.4) is 0 Å². The highest BCUT2D eigenvalue weighted by molar-refractivity contribution is 8.00. The number of hydrogen-bond acceptors (Lipinski definition) is 2. The molecule has 0 saturated heterocycles. The van der Waals surface area contributed by atoms with E-state index in [1.165, 1.54) is 74.7 Å². The molecule has 0 aliphatic heterocycles. The van der Waals surface area contributed by atoms with Gasteiger partial charge in [0.2, 0.25) is 0 Å². The topological polar surface area (TPSA) is 17.1 Å². The summed E-state index contributed by atoms with van der Waals surface area (Å²) in [6.07, 6.45) is 14.9. The largest absolute Gasteiger partial charge is 0.299 e. The van der Waals surface area contributed by atoms with E-state index < -0.39 is 0 Å². The van der Waals surface area contributed by atoms with E-state index in [0.29, 0.717) is 22.9 Å². The molecule has 0 amide bonds. The van der Waals surface area contributed by atoms with Crippen molar-refractivity contribution < 1.29 is 4.79 Å². The molecule has 1 aromatic carbocycles. The lowest BCUT2D eigenvalue weighted by atomic mass is 9.80. The van der Waals surface area contributed by atoms with Gasteiger partial charge in [-0.1, -0.05) is 77.1 Å². The minimum atomic E-state index is 0.332. The fourth-order valence-electron chi connectivity index (χ4n) is 5.09. The monoisotopic (exact) mass is 414 g/mol. The normalized spacial score (nSPS) is 23.8. The summed E-state index contributed by atoms with van der Waals surface area (Å²) < 4.78 is 0.403. The maximum absolute atomic E-state index is 12.6. The minimum Gasteiger partial charge on any atom is -0.299 e. The molecule has 2 heteroatoms. The van der Waals surface area contributed by atoms with Crippen molar-refractivity contribution in [1.29, 1.82) is 0 Å². The van der Waals surface area contributed by atoms with Crippen molar-refractivity contribution in [3.63, 3.8) is 0 Å². The van der Waals surface area contributed by atoms with Crippen LogP contribution in [0.4, 0.5) is 0 Å². The molecule has 0 atom stereocenters. The Morgan fingerprint density at radius 2 is 1.59 bits per heavy atom. The van der Waals surface area contributed by atoms with Crippen LogP contribution in [0.15, 0.2) is 24.3 Å². The maximum Gasteiger partial charge on any atom is 0.140 e. The van der Waals surface area contributed by atoms with E-state index in [-0.39, 0.29) is 0 Å². The predicted octanol–water partition coefficient (Wildman–Crippen LogP) is 7.65. The summed E-state index contributed by atoms with van der Waals surface area (Å²) in [7, 11) is 0. The first kappa shape index (κ1) is 22.9. The van der Waals surface area contributed by atoms with Gasteiger partial charge in [0.25, 0.3) is 0 Å². The average Bonchev–Trinajstić information content (AvgIpc) is 2.72. The molecule has 0 radical (unpaired) electrons. The fourth-order valence-corrected chi connectivity index (χ4v) is 6.16. The number of carbonyl (C=O) groups is 1. The zero-order chi connectivity index (χ0) is 20.7. The van der Waals surface area contributed by atoms with Gasteiger partial charge in [-0.25, -0.2) is 0 Å². The molecule has 1 aromatic rings. The van der Waals surface area contributed by atoms with Gasteiger partial charge >= 0.3 is 0 Å². The zero-order valence-corrected chi connectivity index (χ0v) is 19.9. The van der Waals surface area contributed by atoms with E-state index in [9.17, 15) is 4.79 Å². The quantitative estimate of drug-likeness (QED) is 0.434. The number of Topliss-reactive ketones (excluding diaryl/α,β-unsaturated/α-hetero) is 1. The number of thioether (sulfide) groups is 1. The summed E-state index contributed by atoms with van der Waals surface area (Å²) in [5.41, 5.74) is 2.67. The van der Waals surface area contributed by atoms with Gasteiger partial charge in [-0.05, 0) is 67.2 Å². The highest BCUT2D eigenvalue weighted by Gasteiger charge is 2.23. The molecule has 2 aliphatic carbocycles. The summed E-state index contributed by atoms with van der Waals surface area (Å²) in [6.45, 7) is 7.00. The second kappa shape index (κ2) is 11.0. The van der Waals surface area contributed by atoms with Gasteiger partial charge in [-0.15, -0.1) is 0 Å². The van der Waals surface area contributed by atoms with Crippen molar-refractivity contribution in [2.45, 2.75) is 103 Å². The molecule has 0 N–H and O–H groups in total. The fraction of sp³-hybridized carbons (Fsp3) is 0.741. The van der Waals surface area contributed by atoms with Gasteiger partial charge in [0, 0.05) is 17.1 Å². The Morgan fingerprint density at radius 1 is 0.931 bits per heavy atom. The van der Waals surface area contributed by atoms with Crippen molar-refractivity contribution in [2.75, 3.05) is 5.75 Å². The van der Waals surface area contributed by atoms with Gasteiger partial charge in [0.15, 0.2) is 0 Å². The summed E-state index contributed by atoms with van der Waals surface area (Å²) in [5.74, 6) is 3.99. The second-order valence-corrected chi connectivity index (χ2v) is 12.5. The van der Waals surface area contributed by atoms with E-state index in [2.05, 4.69) is 56.8 Å². The van der Waals surface area contributed by atoms with Crippen molar-refractivity contribution in [1.82, 2.24) is 0 Å². The van der Waals surface area contributed by atoms with E-state index >= 15 is 0 Å². The lowest BCUT2D eigenvalue weighted by molar-refractivity contribution is -0.123. The van der Waals surface area contributed by atoms with E-state index in [1.807, 2.05) is 0 Å². The van der Waals surface area contributed by atoms with Gasteiger partial charge in [-0.2, -0.15) is 11.8 Å². The molecule has 0 bridgehead atoms. The Morgan fingerprint density at radius 3 is 2.28 bits per heavy atom. The van der Waals surface area contributed by atoms with Crippen LogP contribution in [0.2, 0.25) is 0 Å². The molecule has 1 nitrogen and oxygen atoms in total. The van der Waals surface area contributed by atoms with Crippen molar-refractivity contribution in [3.8, 4) is 0 Å². The molecule has 2 saturated carbocycles. The van der Waals surface area contributed by atoms with Crippen LogP contribution >= 0.6 is 11.8 Å². The van der Waals surface area contributed by atoms with Crippen molar-refractivity contribution in [2.24, 2.45) is 17.8 Å². The molecular formula is C27H42OS. The molecule has 3 rings (SSSR count). The molecule has 162 valence electrons. The molecule has 0 unspecified atom stereocenters. The summed E-state index contributed by atoms with van der Waals surface area (Å²) in [4.78, 5) is 12.6. The number of aryl methyl sites for hydroxylation is 1. The lowest BCUT2D eigenvalue weighted by Gasteiger charge is -2.30. The van der Waals surface area contributed by atoms with E-state index in [0.717, 1.165) is 24.7 Å². The molecule has 2 fully saturated rings. The maximum atomic E-state index is 12.6. The first-order valence-corrected chi connectivity index (χ1v) is 13.1. The third kappa shape index (κ3) is 8.12. The number of rotatable bonds is 8. The summed E-state index contributed by atoms with van der Waals surface area (Å²) in [5, 5.41) is 0. The predicted molar refractivity (Wildman–Crippen MR) is 128 cm³/mol. The zero-order valence-electron chi connectivity index (χ0n) is 19.1. The number of carbonyl (C=O) groups excluding carboxylic acids is 1. The van der Waals surface area contributed by atoms with Gasteiger partial charge in [-0.3, -0.25) is 4.79 Å². The molecule has 2 aliphatic rings. The molecule has 29 heavy (non-hydrogen) atoms. The Balaban J connectivity index is 1.40. The lowest BCUT2D eigenvalue weighted by Crippen LogP contribution is -2.20. The van der Waals surface area contributed by atoms with Crippen LogP contribution in [0.5, 0.6) is 0 Å². The standard InChI is InChI=1S/C27H42OS/c1-27(2,3)29-20-23-16-13-21(14-17-23)12-15-22-8-7-9-24(18-22)19-26(28)25-10-5-4-6-11-25/h7-9,18,21,23,25H,4-6,10-17,19-20H2,1-3H3. The Bertz CT molecular complexity index is 630. The van der Waals surface area contributed by atoms with Gasteiger partial charge in [0.05, 0.1) is 0 Å². The van der Waals surface area contributed by atoms with Gasteiger partial charge in [0.1, 0.15) is 5.78 Å². The van der Waals surface area contributed by atoms with Crippen LogP contribution in [-0.2, 0) is 17.6 Å². The smallest absolute Gasteiger partial charge is 0.140 e. The molecular weight excluding hydrogens is 372 g/mol. The van der Waals surface area contributed by atoms with Crippen molar-refractivity contribution in [3.05, 3.63) is 35.4 Å².